The molecule has 2 aromatic rings. The average molecular weight is 245 g/mol. The molecule has 3 nitrogen and oxygen atoms in total. The summed E-state index contributed by atoms with van der Waals surface area (Å²) in [7, 11) is 1.85. The van der Waals surface area contributed by atoms with Crippen LogP contribution in [0.1, 0.15) is 30.0 Å². The predicted molar refractivity (Wildman–Crippen MR) is 68.3 cm³/mol. The Labute approximate surface area is 106 Å². The molecular formula is C14H16FN3. The second-order valence-corrected chi connectivity index (χ2v) is 4.74. The molecule has 1 heterocycles. The highest BCUT2D eigenvalue weighted by Gasteiger charge is 2.26. The van der Waals surface area contributed by atoms with Crippen LogP contribution in [0.5, 0.6) is 0 Å². The van der Waals surface area contributed by atoms with Gasteiger partial charge in [-0.25, -0.2) is 9.07 Å². The zero-order valence-electron chi connectivity index (χ0n) is 10.4. The van der Waals surface area contributed by atoms with E-state index in [9.17, 15) is 4.39 Å². The van der Waals surface area contributed by atoms with Crippen molar-refractivity contribution in [2.45, 2.75) is 25.3 Å². The Hall–Kier alpha value is -1.68. The van der Waals surface area contributed by atoms with E-state index in [0.29, 0.717) is 18.2 Å². The van der Waals surface area contributed by atoms with E-state index in [-0.39, 0.29) is 5.82 Å². The SMILES string of the molecule is CNCc1cccc(F)c1-n1ccc(C2CC2)n1. The molecule has 18 heavy (non-hydrogen) atoms. The number of nitrogens with one attached hydrogen (secondary N) is 1. The first-order chi connectivity index (χ1) is 8.79. The van der Waals surface area contributed by atoms with Crippen LogP contribution in [0, 0.1) is 5.82 Å². The molecule has 0 spiro atoms. The average Bonchev–Trinajstić information content (AvgIpc) is 3.10. The van der Waals surface area contributed by atoms with Crippen molar-refractivity contribution in [1.29, 1.82) is 0 Å². The smallest absolute Gasteiger partial charge is 0.149 e. The van der Waals surface area contributed by atoms with Crippen molar-refractivity contribution in [2.75, 3.05) is 7.05 Å². The maximum atomic E-state index is 14.0. The molecule has 0 saturated heterocycles. The second kappa shape index (κ2) is 4.53. The highest BCUT2D eigenvalue weighted by atomic mass is 19.1. The van der Waals surface area contributed by atoms with Gasteiger partial charge in [-0.15, -0.1) is 0 Å². The van der Waals surface area contributed by atoms with E-state index in [2.05, 4.69) is 10.4 Å². The lowest BCUT2D eigenvalue weighted by Crippen LogP contribution is -2.11. The molecule has 1 aromatic carbocycles. The fourth-order valence-electron chi connectivity index (χ4n) is 2.21. The van der Waals surface area contributed by atoms with Crippen molar-refractivity contribution < 1.29 is 4.39 Å². The van der Waals surface area contributed by atoms with Gasteiger partial charge in [0.1, 0.15) is 11.5 Å². The van der Waals surface area contributed by atoms with E-state index in [1.54, 1.807) is 10.7 Å². The van der Waals surface area contributed by atoms with Crippen molar-refractivity contribution >= 4 is 0 Å². The van der Waals surface area contributed by atoms with Crippen molar-refractivity contribution in [2.24, 2.45) is 0 Å². The summed E-state index contributed by atoms with van der Waals surface area (Å²) < 4.78 is 15.7. The molecular weight excluding hydrogens is 229 g/mol. The predicted octanol–water partition coefficient (Wildman–Crippen LogP) is 2.61. The number of rotatable bonds is 4. The van der Waals surface area contributed by atoms with Crippen molar-refractivity contribution in [3.05, 3.63) is 47.5 Å². The monoisotopic (exact) mass is 245 g/mol. The van der Waals surface area contributed by atoms with Crippen LogP contribution in [0.3, 0.4) is 0 Å². The minimum Gasteiger partial charge on any atom is -0.316 e. The third kappa shape index (κ3) is 2.04. The van der Waals surface area contributed by atoms with Crippen molar-refractivity contribution in [3.63, 3.8) is 0 Å². The zero-order valence-corrected chi connectivity index (χ0v) is 10.4. The molecule has 0 unspecified atom stereocenters. The van der Waals surface area contributed by atoms with E-state index in [1.807, 2.05) is 25.4 Å². The van der Waals surface area contributed by atoms with Crippen LogP contribution in [-0.2, 0) is 6.54 Å². The molecule has 4 heteroatoms. The van der Waals surface area contributed by atoms with E-state index in [4.69, 9.17) is 0 Å². The normalized spacial score (nSPS) is 15.0. The molecule has 1 saturated carbocycles. The quantitative estimate of drug-likeness (QED) is 0.897. The van der Waals surface area contributed by atoms with Gasteiger partial charge in [-0.2, -0.15) is 5.10 Å². The van der Waals surface area contributed by atoms with Crippen molar-refractivity contribution in [1.82, 2.24) is 15.1 Å². The largest absolute Gasteiger partial charge is 0.316 e. The van der Waals surface area contributed by atoms with Gasteiger partial charge in [-0.05, 0) is 37.6 Å². The van der Waals surface area contributed by atoms with Gasteiger partial charge in [0, 0.05) is 18.7 Å². The summed E-state index contributed by atoms with van der Waals surface area (Å²) in [6.07, 6.45) is 4.26. The first-order valence-electron chi connectivity index (χ1n) is 6.27. The fourth-order valence-corrected chi connectivity index (χ4v) is 2.21. The Morgan fingerprint density at radius 1 is 1.39 bits per heavy atom. The minimum atomic E-state index is -0.229. The molecule has 3 rings (SSSR count). The van der Waals surface area contributed by atoms with Gasteiger partial charge in [-0.1, -0.05) is 12.1 Å². The van der Waals surface area contributed by atoms with Gasteiger partial charge < -0.3 is 5.32 Å². The Bertz CT molecular complexity index is 558. The van der Waals surface area contributed by atoms with Crippen LogP contribution in [-0.4, -0.2) is 16.8 Å². The van der Waals surface area contributed by atoms with E-state index in [1.165, 1.54) is 18.9 Å². The van der Waals surface area contributed by atoms with Gasteiger partial charge in [0.25, 0.3) is 0 Å². The summed E-state index contributed by atoms with van der Waals surface area (Å²) in [5, 5.41) is 7.55. The number of para-hydroxylation sites is 1. The maximum absolute atomic E-state index is 14.0. The summed E-state index contributed by atoms with van der Waals surface area (Å²) in [6, 6.07) is 7.13. The minimum absolute atomic E-state index is 0.229. The first kappa shape index (κ1) is 11.4. The number of nitrogens with zero attached hydrogens (tertiary/aromatic N) is 2. The molecule has 1 aromatic heterocycles. The highest BCUT2D eigenvalue weighted by Crippen LogP contribution is 2.39. The number of aromatic nitrogens is 2. The number of halogens is 1. The van der Waals surface area contributed by atoms with E-state index in [0.717, 1.165) is 11.3 Å². The fraction of sp³-hybridized carbons (Fsp3) is 0.357. The molecule has 1 aliphatic carbocycles. The Kier molecular flexibility index (Phi) is 2.88. The lowest BCUT2D eigenvalue weighted by molar-refractivity contribution is 0.603. The summed E-state index contributed by atoms with van der Waals surface area (Å²) in [6.45, 7) is 0.631. The van der Waals surface area contributed by atoms with Gasteiger partial charge in [-0.3, -0.25) is 0 Å². The Morgan fingerprint density at radius 3 is 2.94 bits per heavy atom. The molecule has 0 bridgehead atoms. The number of benzene rings is 1. The first-order valence-corrected chi connectivity index (χ1v) is 6.27. The lowest BCUT2D eigenvalue weighted by atomic mass is 10.1. The van der Waals surface area contributed by atoms with Crippen LogP contribution in [0.2, 0.25) is 0 Å². The van der Waals surface area contributed by atoms with Crippen LogP contribution < -0.4 is 5.32 Å². The van der Waals surface area contributed by atoms with E-state index < -0.39 is 0 Å². The molecule has 0 amide bonds. The standard InChI is InChI=1S/C14H16FN3/c1-16-9-11-3-2-4-12(15)14(11)18-8-7-13(17-18)10-5-6-10/h2-4,7-8,10,16H,5-6,9H2,1H3. The number of hydrogen-bond donors (Lipinski definition) is 1. The maximum Gasteiger partial charge on any atom is 0.149 e. The molecule has 0 aliphatic heterocycles. The van der Waals surface area contributed by atoms with Crippen LogP contribution in [0.25, 0.3) is 5.69 Å². The topological polar surface area (TPSA) is 29.9 Å². The van der Waals surface area contributed by atoms with Crippen molar-refractivity contribution in [3.8, 4) is 5.69 Å². The summed E-state index contributed by atoms with van der Waals surface area (Å²) in [5.74, 6) is 0.360. The summed E-state index contributed by atoms with van der Waals surface area (Å²) >= 11 is 0. The third-order valence-corrected chi connectivity index (χ3v) is 3.27. The van der Waals surface area contributed by atoms with Gasteiger partial charge in [0.15, 0.2) is 0 Å². The summed E-state index contributed by atoms with van der Waals surface area (Å²) in [5.41, 5.74) is 2.55. The third-order valence-electron chi connectivity index (χ3n) is 3.27. The molecule has 1 N–H and O–H groups in total. The van der Waals surface area contributed by atoms with Crippen LogP contribution >= 0.6 is 0 Å². The van der Waals surface area contributed by atoms with E-state index >= 15 is 0 Å². The van der Waals surface area contributed by atoms with Gasteiger partial charge in [0.05, 0.1) is 5.69 Å². The highest BCUT2D eigenvalue weighted by molar-refractivity contribution is 5.42. The Balaban J connectivity index is 2.02. The zero-order chi connectivity index (χ0) is 12.5. The molecule has 94 valence electrons. The number of hydrogen-bond acceptors (Lipinski definition) is 2. The second-order valence-electron chi connectivity index (χ2n) is 4.74. The lowest BCUT2D eigenvalue weighted by Gasteiger charge is -2.10. The molecule has 1 aliphatic rings. The molecule has 0 radical (unpaired) electrons. The van der Waals surface area contributed by atoms with Crippen LogP contribution in [0.4, 0.5) is 4.39 Å². The van der Waals surface area contributed by atoms with Gasteiger partial charge in [0.2, 0.25) is 0 Å². The van der Waals surface area contributed by atoms with Crippen LogP contribution in [0.15, 0.2) is 30.5 Å². The molecule has 0 atom stereocenters. The summed E-state index contributed by atoms with van der Waals surface area (Å²) in [4.78, 5) is 0. The van der Waals surface area contributed by atoms with Gasteiger partial charge >= 0.3 is 0 Å². The molecule has 1 fully saturated rings. The Morgan fingerprint density at radius 2 is 2.22 bits per heavy atom.